The van der Waals surface area contributed by atoms with E-state index in [9.17, 15) is 0 Å². The van der Waals surface area contributed by atoms with Crippen molar-refractivity contribution >= 4 is 5.69 Å². The van der Waals surface area contributed by atoms with Crippen molar-refractivity contribution in [3.63, 3.8) is 0 Å². The molecule has 0 N–H and O–H groups in total. The van der Waals surface area contributed by atoms with Gasteiger partial charge in [0.1, 0.15) is 0 Å². The largest absolute Gasteiger partial charge is 0.371 e. The first kappa shape index (κ1) is 11.9. The molecule has 2 aliphatic heterocycles. The van der Waals surface area contributed by atoms with E-state index in [1.165, 1.54) is 5.69 Å². The van der Waals surface area contributed by atoms with Gasteiger partial charge >= 0.3 is 0 Å². The van der Waals surface area contributed by atoms with Crippen LogP contribution in [0.3, 0.4) is 0 Å². The first-order valence-electron chi connectivity index (χ1n) is 6.65. The van der Waals surface area contributed by atoms with Gasteiger partial charge in [0.2, 0.25) is 0 Å². The summed E-state index contributed by atoms with van der Waals surface area (Å²) in [6.07, 6.45) is 1.90. The van der Waals surface area contributed by atoms with E-state index in [0.29, 0.717) is 0 Å². The minimum absolute atomic E-state index is 0.284. The van der Waals surface area contributed by atoms with Gasteiger partial charge in [0, 0.05) is 43.0 Å². The highest BCUT2D eigenvalue weighted by molar-refractivity contribution is 5.48. The Hall–Kier alpha value is -1.13. The number of piperidine rings is 1. The highest BCUT2D eigenvalue weighted by atomic mass is 16.7. The van der Waals surface area contributed by atoms with Crippen LogP contribution in [-0.4, -0.2) is 37.1 Å². The van der Waals surface area contributed by atoms with Crippen LogP contribution >= 0.6 is 0 Å². The molecule has 0 amide bonds. The molecule has 3 heterocycles. The molecule has 3 rings (SSSR count). The van der Waals surface area contributed by atoms with Crippen molar-refractivity contribution in [1.82, 2.24) is 4.98 Å². The van der Waals surface area contributed by atoms with Gasteiger partial charge in [0.05, 0.1) is 13.2 Å². The van der Waals surface area contributed by atoms with Gasteiger partial charge in [-0.2, -0.15) is 0 Å². The summed E-state index contributed by atoms with van der Waals surface area (Å²) in [5, 5.41) is 0. The van der Waals surface area contributed by atoms with Crippen LogP contribution in [0.4, 0.5) is 5.69 Å². The standard InChI is InChI=1S/C14H20N2O2/c1-11-9-13(10-12(2)15-11)16-5-3-14(4-6-16)17-7-8-18-14/h9-10H,3-8H2,1-2H3. The molecule has 2 fully saturated rings. The van der Waals surface area contributed by atoms with Crippen molar-refractivity contribution in [3.05, 3.63) is 23.5 Å². The van der Waals surface area contributed by atoms with Crippen LogP contribution in [0.15, 0.2) is 12.1 Å². The maximum absolute atomic E-state index is 5.75. The third-order valence-electron chi connectivity index (χ3n) is 3.77. The molecule has 2 aliphatic rings. The zero-order chi connectivity index (χ0) is 12.6. The van der Waals surface area contributed by atoms with E-state index >= 15 is 0 Å². The number of anilines is 1. The quantitative estimate of drug-likeness (QED) is 0.762. The molecular formula is C14H20N2O2. The molecule has 0 radical (unpaired) electrons. The minimum Gasteiger partial charge on any atom is -0.371 e. The number of aromatic nitrogens is 1. The van der Waals surface area contributed by atoms with Crippen LogP contribution < -0.4 is 4.90 Å². The molecule has 0 aliphatic carbocycles. The summed E-state index contributed by atoms with van der Waals surface area (Å²) in [6.45, 7) is 7.56. The number of rotatable bonds is 1. The third-order valence-corrected chi connectivity index (χ3v) is 3.77. The fourth-order valence-electron chi connectivity index (χ4n) is 2.89. The predicted molar refractivity (Wildman–Crippen MR) is 69.8 cm³/mol. The molecule has 98 valence electrons. The molecule has 4 heteroatoms. The monoisotopic (exact) mass is 248 g/mol. The van der Waals surface area contributed by atoms with E-state index in [-0.39, 0.29) is 5.79 Å². The van der Waals surface area contributed by atoms with Crippen molar-refractivity contribution in [2.75, 3.05) is 31.2 Å². The molecule has 1 aromatic heterocycles. The van der Waals surface area contributed by atoms with Crippen LogP contribution in [0.1, 0.15) is 24.2 Å². The maximum atomic E-state index is 5.75. The second kappa shape index (κ2) is 4.52. The van der Waals surface area contributed by atoms with Crippen LogP contribution in [0.2, 0.25) is 0 Å². The van der Waals surface area contributed by atoms with E-state index in [2.05, 4.69) is 22.0 Å². The number of pyridine rings is 1. The lowest BCUT2D eigenvalue weighted by atomic mass is 10.0. The minimum atomic E-state index is -0.284. The summed E-state index contributed by atoms with van der Waals surface area (Å²) < 4.78 is 11.5. The Balaban J connectivity index is 1.72. The number of ether oxygens (including phenoxy) is 2. The Morgan fingerprint density at radius 3 is 2.17 bits per heavy atom. The molecule has 0 bridgehead atoms. The highest BCUT2D eigenvalue weighted by Crippen LogP contribution is 2.33. The predicted octanol–water partition coefficient (Wildman–Crippen LogP) is 2.04. The molecular weight excluding hydrogens is 228 g/mol. The first-order valence-corrected chi connectivity index (χ1v) is 6.65. The lowest BCUT2D eigenvalue weighted by molar-refractivity contribution is -0.169. The van der Waals surface area contributed by atoms with Crippen LogP contribution in [0, 0.1) is 13.8 Å². The number of hydrogen-bond acceptors (Lipinski definition) is 4. The Labute approximate surface area is 108 Å². The lowest BCUT2D eigenvalue weighted by Gasteiger charge is -2.38. The fraction of sp³-hybridized carbons (Fsp3) is 0.643. The van der Waals surface area contributed by atoms with Crippen LogP contribution in [-0.2, 0) is 9.47 Å². The Bertz CT molecular complexity index is 411. The van der Waals surface area contributed by atoms with Gasteiger partial charge < -0.3 is 14.4 Å². The summed E-state index contributed by atoms with van der Waals surface area (Å²) in [4.78, 5) is 6.82. The second-order valence-electron chi connectivity index (χ2n) is 5.20. The molecule has 1 aromatic rings. The van der Waals surface area contributed by atoms with E-state index in [0.717, 1.165) is 50.5 Å². The summed E-state index contributed by atoms with van der Waals surface area (Å²) in [7, 11) is 0. The van der Waals surface area contributed by atoms with Gasteiger partial charge in [-0.05, 0) is 26.0 Å². The Kier molecular flexibility index (Phi) is 2.99. The molecule has 18 heavy (non-hydrogen) atoms. The third kappa shape index (κ3) is 2.22. The van der Waals surface area contributed by atoms with Crippen molar-refractivity contribution < 1.29 is 9.47 Å². The molecule has 1 spiro atoms. The van der Waals surface area contributed by atoms with Crippen LogP contribution in [0.25, 0.3) is 0 Å². The van der Waals surface area contributed by atoms with E-state index in [4.69, 9.17) is 9.47 Å². The average Bonchev–Trinajstić information content (AvgIpc) is 2.77. The second-order valence-corrected chi connectivity index (χ2v) is 5.20. The van der Waals surface area contributed by atoms with E-state index in [1.807, 2.05) is 13.8 Å². The van der Waals surface area contributed by atoms with Crippen molar-refractivity contribution in [3.8, 4) is 0 Å². The molecule has 0 unspecified atom stereocenters. The highest BCUT2D eigenvalue weighted by Gasteiger charge is 2.39. The van der Waals surface area contributed by atoms with Gasteiger partial charge in [-0.15, -0.1) is 0 Å². The molecule has 0 atom stereocenters. The van der Waals surface area contributed by atoms with Crippen molar-refractivity contribution in [2.45, 2.75) is 32.5 Å². The Morgan fingerprint density at radius 1 is 1.06 bits per heavy atom. The molecule has 0 aromatic carbocycles. The maximum Gasteiger partial charge on any atom is 0.171 e. The lowest BCUT2D eigenvalue weighted by Crippen LogP contribution is -2.45. The van der Waals surface area contributed by atoms with E-state index < -0.39 is 0 Å². The average molecular weight is 248 g/mol. The number of hydrogen-bond donors (Lipinski definition) is 0. The smallest absolute Gasteiger partial charge is 0.171 e. The SMILES string of the molecule is Cc1cc(N2CCC3(CC2)OCCO3)cc(C)n1. The fourth-order valence-corrected chi connectivity index (χ4v) is 2.89. The van der Waals surface area contributed by atoms with Crippen molar-refractivity contribution in [1.29, 1.82) is 0 Å². The number of nitrogens with zero attached hydrogens (tertiary/aromatic N) is 2. The van der Waals surface area contributed by atoms with Gasteiger partial charge in [0.15, 0.2) is 5.79 Å². The summed E-state index contributed by atoms with van der Waals surface area (Å²) in [5.74, 6) is -0.284. The van der Waals surface area contributed by atoms with Gasteiger partial charge in [-0.25, -0.2) is 0 Å². The first-order chi connectivity index (χ1) is 8.67. The summed E-state index contributed by atoms with van der Waals surface area (Å²) in [5.41, 5.74) is 3.44. The summed E-state index contributed by atoms with van der Waals surface area (Å²) >= 11 is 0. The molecule has 2 saturated heterocycles. The zero-order valence-electron chi connectivity index (χ0n) is 11.1. The topological polar surface area (TPSA) is 34.6 Å². The van der Waals surface area contributed by atoms with Gasteiger partial charge in [0.25, 0.3) is 0 Å². The van der Waals surface area contributed by atoms with Crippen LogP contribution in [0.5, 0.6) is 0 Å². The van der Waals surface area contributed by atoms with Crippen molar-refractivity contribution in [2.24, 2.45) is 0 Å². The van der Waals surface area contributed by atoms with Gasteiger partial charge in [-0.1, -0.05) is 0 Å². The normalized spacial score (nSPS) is 22.7. The summed E-state index contributed by atoms with van der Waals surface area (Å²) in [6, 6.07) is 4.31. The van der Waals surface area contributed by atoms with E-state index in [1.54, 1.807) is 0 Å². The molecule has 4 nitrogen and oxygen atoms in total. The Morgan fingerprint density at radius 2 is 1.61 bits per heavy atom. The zero-order valence-corrected chi connectivity index (χ0v) is 11.1. The number of aryl methyl sites for hydroxylation is 2. The van der Waals surface area contributed by atoms with Gasteiger partial charge in [-0.3, -0.25) is 4.98 Å². The molecule has 0 saturated carbocycles.